The van der Waals surface area contributed by atoms with Crippen molar-refractivity contribution < 1.29 is 17.9 Å². The number of benzene rings is 2. The van der Waals surface area contributed by atoms with Crippen molar-refractivity contribution in [3.63, 3.8) is 0 Å². The van der Waals surface area contributed by atoms with E-state index in [9.17, 15) is 17.9 Å². The first kappa shape index (κ1) is 15.5. The van der Waals surface area contributed by atoms with Gasteiger partial charge in [-0.15, -0.1) is 0 Å². The van der Waals surface area contributed by atoms with Gasteiger partial charge >= 0.3 is 0 Å². The van der Waals surface area contributed by atoms with E-state index in [4.69, 9.17) is 0 Å². The number of anilines is 1. The van der Waals surface area contributed by atoms with Gasteiger partial charge in [-0.05, 0) is 55.3 Å². The van der Waals surface area contributed by atoms with Gasteiger partial charge in [0.1, 0.15) is 5.82 Å². The summed E-state index contributed by atoms with van der Waals surface area (Å²) in [5.74, 6) is -0.390. The molecule has 0 radical (unpaired) electrons. The second kappa shape index (κ2) is 5.83. The molecule has 4 nitrogen and oxygen atoms in total. The minimum Gasteiger partial charge on any atom is -0.389 e. The lowest BCUT2D eigenvalue weighted by molar-refractivity contribution is 0.199. The number of sulfonamides is 1. The SMILES string of the molecule is Cc1cc(NS(=O)(=O)c2ccc(C(C)O)cc2)ccc1F. The summed E-state index contributed by atoms with van der Waals surface area (Å²) in [6.07, 6.45) is -0.658. The highest BCUT2D eigenvalue weighted by Gasteiger charge is 2.15. The van der Waals surface area contributed by atoms with E-state index in [1.54, 1.807) is 26.0 Å². The van der Waals surface area contributed by atoms with E-state index in [2.05, 4.69) is 4.72 Å². The molecule has 2 N–H and O–H groups in total. The average molecular weight is 309 g/mol. The Hall–Kier alpha value is -1.92. The van der Waals surface area contributed by atoms with Gasteiger partial charge < -0.3 is 5.11 Å². The molecule has 0 aliphatic carbocycles. The molecular formula is C15H16FNO3S. The fraction of sp³-hybridized carbons (Fsp3) is 0.200. The predicted molar refractivity (Wildman–Crippen MR) is 79.0 cm³/mol. The largest absolute Gasteiger partial charge is 0.389 e. The van der Waals surface area contributed by atoms with Crippen molar-refractivity contribution in [2.24, 2.45) is 0 Å². The number of rotatable bonds is 4. The van der Waals surface area contributed by atoms with Crippen molar-refractivity contribution in [3.8, 4) is 0 Å². The zero-order valence-electron chi connectivity index (χ0n) is 11.7. The van der Waals surface area contributed by atoms with Crippen LogP contribution in [0.2, 0.25) is 0 Å². The van der Waals surface area contributed by atoms with Crippen LogP contribution >= 0.6 is 0 Å². The third-order valence-corrected chi connectivity index (χ3v) is 4.48. The maximum atomic E-state index is 13.2. The van der Waals surface area contributed by atoms with Crippen LogP contribution < -0.4 is 4.72 Å². The fourth-order valence-electron chi connectivity index (χ4n) is 1.85. The molecule has 0 fully saturated rings. The van der Waals surface area contributed by atoms with E-state index in [0.29, 0.717) is 16.8 Å². The van der Waals surface area contributed by atoms with Gasteiger partial charge in [0, 0.05) is 5.69 Å². The smallest absolute Gasteiger partial charge is 0.261 e. The van der Waals surface area contributed by atoms with E-state index in [0.717, 1.165) is 0 Å². The van der Waals surface area contributed by atoms with Gasteiger partial charge in [-0.1, -0.05) is 12.1 Å². The Balaban J connectivity index is 2.27. The molecule has 0 bridgehead atoms. The lowest BCUT2D eigenvalue weighted by atomic mass is 10.1. The lowest BCUT2D eigenvalue weighted by Crippen LogP contribution is -2.13. The molecule has 0 spiro atoms. The molecule has 0 saturated heterocycles. The Morgan fingerprint density at radius 3 is 2.29 bits per heavy atom. The highest BCUT2D eigenvalue weighted by atomic mass is 32.2. The Labute approximate surface area is 123 Å². The Morgan fingerprint density at radius 2 is 1.76 bits per heavy atom. The van der Waals surface area contributed by atoms with Crippen molar-refractivity contribution in [2.75, 3.05) is 4.72 Å². The van der Waals surface area contributed by atoms with Crippen LogP contribution in [0.3, 0.4) is 0 Å². The van der Waals surface area contributed by atoms with Crippen LogP contribution in [-0.4, -0.2) is 13.5 Å². The summed E-state index contributed by atoms with van der Waals surface area (Å²) in [5.41, 5.74) is 1.29. The van der Waals surface area contributed by atoms with Crippen molar-refractivity contribution >= 4 is 15.7 Å². The summed E-state index contributed by atoms with van der Waals surface area (Å²) in [5, 5.41) is 9.41. The topological polar surface area (TPSA) is 66.4 Å². The molecule has 21 heavy (non-hydrogen) atoms. The van der Waals surface area contributed by atoms with Crippen LogP contribution in [0, 0.1) is 12.7 Å². The molecule has 1 atom stereocenters. The van der Waals surface area contributed by atoms with Crippen LogP contribution in [0.4, 0.5) is 10.1 Å². The molecule has 2 aromatic rings. The second-order valence-electron chi connectivity index (χ2n) is 4.81. The molecule has 1 unspecified atom stereocenters. The number of nitrogens with one attached hydrogen (secondary N) is 1. The number of hydrogen-bond acceptors (Lipinski definition) is 3. The molecule has 0 aliphatic heterocycles. The van der Waals surface area contributed by atoms with Crippen LogP contribution in [-0.2, 0) is 10.0 Å². The predicted octanol–water partition coefficient (Wildman–Crippen LogP) is 2.99. The van der Waals surface area contributed by atoms with E-state index in [1.165, 1.54) is 30.3 Å². The first-order valence-electron chi connectivity index (χ1n) is 6.36. The third kappa shape index (κ3) is 3.59. The highest BCUT2D eigenvalue weighted by molar-refractivity contribution is 7.92. The minimum absolute atomic E-state index is 0.0777. The molecular weight excluding hydrogens is 293 g/mol. The van der Waals surface area contributed by atoms with Gasteiger partial charge in [0.2, 0.25) is 0 Å². The summed E-state index contributed by atoms with van der Waals surface area (Å²) in [6, 6.07) is 9.94. The van der Waals surface area contributed by atoms with Crippen LogP contribution in [0.1, 0.15) is 24.2 Å². The van der Waals surface area contributed by atoms with Gasteiger partial charge in [0.05, 0.1) is 11.0 Å². The Morgan fingerprint density at radius 1 is 1.14 bits per heavy atom. The van der Waals surface area contributed by atoms with Gasteiger partial charge in [0.25, 0.3) is 10.0 Å². The van der Waals surface area contributed by atoms with Gasteiger partial charge in [-0.3, -0.25) is 4.72 Å². The van der Waals surface area contributed by atoms with Crippen molar-refractivity contribution in [2.45, 2.75) is 24.8 Å². The maximum absolute atomic E-state index is 13.2. The third-order valence-electron chi connectivity index (χ3n) is 3.08. The molecule has 0 aliphatic rings. The van der Waals surface area contributed by atoms with Crippen molar-refractivity contribution in [3.05, 3.63) is 59.4 Å². The van der Waals surface area contributed by atoms with E-state index >= 15 is 0 Å². The normalized spacial score (nSPS) is 13.0. The lowest BCUT2D eigenvalue weighted by Gasteiger charge is -2.10. The van der Waals surface area contributed by atoms with Crippen molar-refractivity contribution in [1.82, 2.24) is 0 Å². The summed E-state index contributed by atoms with van der Waals surface area (Å²) < 4.78 is 40.0. The zero-order valence-corrected chi connectivity index (χ0v) is 12.5. The summed E-state index contributed by atoms with van der Waals surface area (Å²) in [7, 11) is -3.74. The van der Waals surface area contributed by atoms with Gasteiger partial charge in [-0.25, -0.2) is 12.8 Å². The summed E-state index contributed by atoms with van der Waals surface area (Å²) in [4.78, 5) is 0.0777. The first-order valence-corrected chi connectivity index (χ1v) is 7.85. The van der Waals surface area contributed by atoms with Crippen LogP contribution in [0.15, 0.2) is 47.4 Å². The number of aliphatic hydroxyl groups is 1. The number of hydrogen-bond donors (Lipinski definition) is 2. The Bertz CT molecular complexity index is 740. The molecule has 6 heteroatoms. The van der Waals surface area contributed by atoms with E-state index in [1.807, 2.05) is 0 Å². The van der Waals surface area contributed by atoms with Gasteiger partial charge in [-0.2, -0.15) is 0 Å². The summed E-state index contributed by atoms with van der Waals surface area (Å²) >= 11 is 0. The van der Waals surface area contributed by atoms with Crippen LogP contribution in [0.5, 0.6) is 0 Å². The quantitative estimate of drug-likeness (QED) is 0.912. The maximum Gasteiger partial charge on any atom is 0.261 e. The summed E-state index contributed by atoms with van der Waals surface area (Å²) in [6.45, 7) is 3.16. The standard InChI is InChI=1S/C15H16FNO3S/c1-10-9-13(5-8-15(10)16)17-21(19,20)14-6-3-12(4-7-14)11(2)18/h3-9,11,17-18H,1-2H3. The molecule has 2 rings (SSSR count). The Kier molecular flexibility index (Phi) is 4.29. The number of halogens is 1. The molecule has 0 saturated carbocycles. The monoisotopic (exact) mass is 309 g/mol. The van der Waals surface area contributed by atoms with Crippen molar-refractivity contribution in [1.29, 1.82) is 0 Å². The molecule has 0 amide bonds. The highest BCUT2D eigenvalue weighted by Crippen LogP contribution is 2.20. The van der Waals surface area contributed by atoms with Gasteiger partial charge in [0.15, 0.2) is 0 Å². The minimum atomic E-state index is -3.74. The average Bonchev–Trinajstić information content (AvgIpc) is 2.43. The second-order valence-corrected chi connectivity index (χ2v) is 6.50. The van der Waals surface area contributed by atoms with E-state index < -0.39 is 16.1 Å². The molecule has 0 aromatic heterocycles. The first-order chi connectivity index (χ1) is 9.79. The molecule has 0 heterocycles. The van der Waals surface area contributed by atoms with Crippen LogP contribution in [0.25, 0.3) is 0 Å². The molecule has 112 valence electrons. The number of aryl methyl sites for hydroxylation is 1. The van der Waals surface area contributed by atoms with E-state index in [-0.39, 0.29) is 10.7 Å². The number of aliphatic hydroxyl groups excluding tert-OH is 1. The molecule has 2 aromatic carbocycles. The fourth-order valence-corrected chi connectivity index (χ4v) is 2.90. The zero-order chi connectivity index (χ0) is 15.6.